The lowest BCUT2D eigenvalue weighted by atomic mass is 10.1. The molecule has 1 aliphatic heterocycles. The van der Waals surface area contributed by atoms with Gasteiger partial charge in [-0.1, -0.05) is 18.2 Å². The molecule has 1 aliphatic rings. The van der Waals surface area contributed by atoms with E-state index >= 15 is 0 Å². The quantitative estimate of drug-likeness (QED) is 0.678. The molecule has 106 valence electrons. The number of aromatic nitrogens is 1. The Labute approximate surface area is 120 Å². The highest BCUT2D eigenvalue weighted by Crippen LogP contribution is 2.37. The summed E-state index contributed by atoms with van der Waals surface area (Å²) >= 11 is 0. The van der Waals surface area contributed by atoms with Gasteiger partial charge < -0.3 is 14.2 Å². The Balaban J connectivity index is 2.20. The number of nitrogens with zero attached hydrogens (tertiary/aromatic N) is 1. The lowest BCUT2D eigenvalue weighted by Gasteiger charge is -2.12. The molecule has 2 heterocycles. The van der Waals surface area contributed by atoms with Gasteiger partial charge in [-0.2, -0.15) is 0 Å². The van der Waals surface area contributed by atoms with Gasteiger partial charge in [0.05, 0.1) is 10.9 Å². The number of fused-ring (bicyclic) bond motifs is 4. The summed E-state index contributed by atoms with van der Waals surface area (Å²) in [5.74, 6) is 1.29. The molecule has 2 aromatic carbocycles. The molecule has 0 spiro atoms. The highest BCUT2D eigenvalue weighted by Gasteiger charge is 2.18. The van der Waals surface area contributed by atoms with Crippen molar-refractivity contribution in [2.24, 2.45) is 0 Å². The second-order valence-electron chi connectivity index (χ2n) is 4.92. The minimum atomic E-state index is -0.0937. The molecule has 5 heteroatoms. The first-order chi connectivity index (χ1) is 10.3. The zero-order chi connectivity index (χ0) is 14.4. The molecule has 0 unspecified atom stereocenters. The molecule has 0 radical (unpaired) electrons. The summed E-state index contributed by atoms with van der Waals surface area (Å²) in [6.45, 7) is 0.402. The molecule has 0 fully saturated rings. The SMILES string of the molecule is COCn1c(=O)c2cc3c(cc2c2ccccc21)OCO3. The van der Waals surface area contributed by atoms with Gasteiger partial charge in [0.1, 0.15) is 6.73 Å². The van der Waals surface area contributed by atoms with E-state index in [-0.39, 0.29) is 19.1 Å². The summed E-state index contributed by atoms with van der Waals surface area (Å²) in [7, 11) is 1.57. The van der Waals surface area contributed by atoms with Crippen LogP contribution in [0.4, 0.5) is 0 Å². The van der Waals surface area contributed by atoms with Crippen molar-refractivity contribution in [3.05, 3.63) is 46.8 Å². The lowest BCUT2D eigenvalue weighted by molar-refractivity contribution is 0.132. The van der Waals surface area contributed by atoms with E-state index in [1.54, 1.807) is 17.7 Å². The van der Waals surface area contributed by atoms with Crippen molar-refractivity contribution in [1.29, 1.82) is 0 Å². The summed E-state index contributed by atoms with van der Waals surface area (Å²) in [5, 5.41) is 2.46. The van der Waals surface area contributed by atoms with Crippen LogP contribution in [0.15, 0.2) is 41.2 Å². The number of ether oxygens (including phenoxy) is 3. The zero-order valence-electron chi connectivity index (χ0n) is 11.5. The van der Waals surface area contributed by atoms with Gasteiger partial charge in [-0.3, -0.25) is 9.36 Å². The van der Waals surface area contributed by atoms with Gasteiger partial charge in [0.2, 0.25) is 6.79 Å². The number of hydrogen-bond donors (Lipinski definition) is 0. The summed E-state index contributed by atoms with van der Waals surface area (Å²) in [5.41, 5.74) is 0.750. The summed E-state index contributed by atoms with van der Waals surface area (Å²) in [4.78, 5) is 12.7. The topological polar surface area (TPSA) is 49.7 Å². The average molecular weight is 283 g/mol. The van der Waals surface area contributed by atoms with E-state index in [2.05, 4.69) is 0 Å². The number of para-hydroxylation sites is 1. The monoisotopic (exact) mass is 283 g/mol. The Morgan fingerprint density at radius 1 is 1.10 bits per heavy atom. The molecule has 5 nitrogen and oxygen atoms in total. The first kappa shape index (κ1) is 12.2. The fourth-order valence-electron chi connectivity index (χ4n) is 2.79. The average Bonchev–Trinajstić information content (AvgIpc) is 2.97. The number of hydrogen-bond acceptors (Lipinski definition) is 4. The molecule has 0 saturated carbocycles. The summed E-state index contributed by atoms with van der Waals surface area (Å²) in [6.07, 6.45) is 0. The Morgan fingerprint density at radius 2 is 1.81 bits per heavy atom. The Bertz CT molecular complexity index is 913. The van der Waals surface area contributed by atoms with E-state index in [1.807, 2.05) is 30.3 Å². The van der Waals surface area contributed by atoms with Crippen LogP contribution in [0, 0.1) is 0 Å². The highest BCUT2D eigenvalue weighted by atomic mass is 16.7. The zero-order valence-corrected chi connectivity index (χ0v) is 11.5. The van der Waals surface area contributed by atoms with Gasteiger partial charge in [-0.05, 0) is 18.2 Å². The predicted molar refractivity (Wildman–Crippen MR) is 78.8 cm³/mol. The number of rotatable bonds is 2. The van der Waals surface area contributed by atoms with Crippen LogP contribution in [-0.2, 0) is 11.5 Å². The second kappa shape index (κ2) is 4.49. The van der Waals surface area contributed by atoms with Gasteiger partial charge in [0.15, 0.2) is 11.5 Å². The maximum atomic E-state index is 12.7. The van der Waals surface area contributed by atoms with Gasteiger partial charge in [0, 0.05) is 17.9 Å². The Kier molecular flexibility index (Phi) is 2.62. The number of benzene rings is 2. The molecular formula is C16H13NO4. The van der Waals surface area contributed by atoms with E-state index < -0.39 is 0 Å². The van der Waals surface area contributed by atoms with Gasteiger partial charge in [-0.25, -0.2) is 0 Å². The van der Waals surface area contributed by atoms with E-state index in [4.69, 9.17) is 14.2 Å². The van der Waals surface area contributed by atoms with Crippen LogP contribution >= 0.6 is 0 Å². The smallest absolute Gasteiger partial charge is 0.260 e. The second-order valence-corrected chi connectivity index (χ2v) is 4.92. The molecule has 4 rings (SSSR count). The van der Waals surface area contributed by atoms with Gasteiger partial charge >= 0.3 is 0 Å². The van der Waals surface area contributed by atoms with Crippen molar-refractivity contribution < 1.29 is 14.2 Å². The highest BCUT2D eigenvalue weighted by molar-refractivity contribution is 6.06. The Morgan fingerprint density at radius 3 is 2.57 bits per heavy atom. The van der Waals surface area contributed by atoms with Crippen LogP contribution in [0.1, 0.15) is 0 Å². The van der Waals surface area contributed by atoms with E-state index in [0.29, 0.717) is 16.9 Å². The third-order valence-corrected chi connectivity index (χ3v) is 3.73. The molecule has 0 N–H and O–H groups in total. The molecule has 0 saturated heterocycles. The third kappa shape index (κ3) is 1.71. The van der Waals surface area contributed by atoms with E-state index in [0.717, 1.165) is 16.3 Å². The van der Waals surface area contributed by atoms with Crippen molar-refractivity contribution >= 4 is 21.7 Å². The predicted octanol–water partition coefficient (Wildman–Crippen LogP) is 2.49. The van der Waals surface area contributed by atoms with Crippen LogP contribution in [0.5, 0.6) is 11.5 Å². The first-order valence-corrected chi connectivity index (χ1v) is 6.63. The van der Waals surface area contributed by atoms with Crippen molar-refractivity contribution in [3.8, 4) is 11.5 Å². The summed E-state index contributed by atoms with van der Waals surface area (Å²) < 4.78 is 17.6. The fraction of sp³-hybridized carbons (Fsp3) is 0.188. The van der Waals surface area contributed by atoms with Crippen molar-refractivity contribution in [2.75, 3.05) is 13.9 Å². The van der Waals surface area contributed by atoms with E-state index in [9.17, 15) is 4.79 Å². The van der Waals surface area contributed by atoms with Gasteiger partial charge in [0.25, 0.3) is 5.56 Å². The molecule has 3 aromatic rings. The molecule has 0 amide bonds. The minimum absolute atomic E-state index is 0.0937. The normalized spacial score (nSPS) is 13.2. The maximum absolute atomic E-state index is 12.7. The van der Waals surface area contributed by atoms with Crippen LogP contribution in [0.2, 0.25) is 0 Å². The molecule has 0 atom stereocenters. The maximum Gasteiger partial charge on any atom is 0.260 e. The van der Waals surface area contributed by atoms with Gasteiger partial charge in [-0.15, -0.1) is 0 Å². The molecule has 21 heavy (non-hydrogen) atoms. The van der Waals surface area contributed by atoms with Crippen molar-refractivity contribution in [1.82, 2.24) is 4.57 Å². The largest absolute Gasteiger partial charge is 0.454 e. The van der Waals surface area contributed by atoms with Crippen LogP contribution in [-0.4, -0.2) is 18.5 Å². The first-order valence-electron chi connectivity index (χ1n) is 6.63. The Hall–Kier alpha value is -2.53. The molecule has 0 bridgehead atoms. The standard InChI is InChI=1S/C16H13NO4/c1-19-8-17-13-5-3-2-4-10(13)11-6-14-15(21-9-20-14)7-12(11)16(17)18/h2-7H,8-9H2,1H3. The van der Waals surface area contributed by atoms with Crippen LogP contribution in [0.3, 0.4) is 0 Å². The summed E-state index contributed by atoms with van der Waals surface area (Å²) in [6, 6.07) is 11.4. The fourth-order valence-corrected chi connectivity index (χ4v) is 2.79. The van der Waals surface area contributed by atoms with E-state index in [1.165, 1.54) is 0 Å². The molecular weight excluding hydrogens is 270 g/mol. The van der Waals surface area contributed by atoms with Crippen molar-refractivity contribution in [2.45, 2.75) is 6.73 Å². The van der Waals surface area contributed by atoms with Crippen LogP contribution in [0.25, 0.3) is 21.7 Å². The minimum Gasteiger partial charge on any atom is -0.454 e. The molecule has 0 aliphatic carbocycles. The van der Waals surface area contributed by atoms with Crippen molar-refractivity contribution in [3.63, 3.8) is 0 Å². The lowest BCUT2D eigenvalue weighted by Crippen LogP contribution is -2.21. The third-order valence-electron chi connectivity index (χ3n) is 3.73. The number of pyridine rings is 1. The number of methoxy groups -OCH3 is 1. The van der Waals surface area contributed by atoms with Crippen LogP contribution < -0.4 is 15.0 Å². The molecule has 1 aromatic heterocycles.